The summed E-state index contributed by atoms with van der Waals surface area (Å²) in [5.74, 6) is 0.303. The Hall–Kier alpha value is -3.68. The maximum absolute atomic E-state index is 12.3. The van der Waals surface area contributed by atoms with Crippen LogP contribution in [0.2, 0.25) is 0 Å². The Morgan fingerprint density at radius 2 is 1.76 bits per heavy atom. The van der Waals surface area contributed by atoms with Crippen LogP contribution in [-0.4, -0.2) is 20.6 Å². The molecule has 1 amide bonds. The molecule has 1 heterocycles. The topological polar surface area (TPSA) is 99.3 Å². The van der Waals surface area contributed by atoms with Gasteiger partial charge >= 0.3 is 0 Å². The van der Waals surface area contributed by atoms with E-state index in [0.29, 0.717) is 11.4 Å². The van der Waals surface area contributed by atoms with E-state index in [2.05, 4.69) is 31.2 Å². The van der Waals surface area contributed by atoms with Crippen LogP contribution in [0.25, 0.3) is 0 Å². The quantitative estimate of drug-likeness (QED) is 0.494. The fraction of sp³-hybridized carbons (Fsp3) is 0.238. The highest BCUT2D eigenvalue weighted by molar-refractivity contribution is 6.02. The lowest BCUT2D eigenvalue weighted by Crippen LogP contribution is -2.14. The van der Waals surface area contributed by atoms with Gasteiger partial charge in [-0.05, 0) is 41.3 Å². The number of rotatable bonds is 6. The second-order valence-corrected chi connectivity index (χ2v) is 7.55. The van der Waals surface area contributed by atoms with Crippen molar-refractivity contribution in [3.63, 3.8) is 0 Å². The second kappa shape index (κ2) is 8.14. The summed E-state index contributed by atoms with van der Waals surface area (Å²) < 4.78 is 7.23. The summed E-state index contributed by atoms with van der Waals surface area (Å²) in [6, 6.07) is 15.0. The smallest absolute Gasteiger partial charge is 0.276 e. The molecule has 0 aliphatic carbocycles. The number of nitro benzene ring substituents is 1. The van der Waals surface area contributed by atoms with Crippen molar-refractivity contribution in [1.29, 1.82) is 0 Å². The largest absolute Gasteiger partial charge is 0.471 e. The number of amides is 1. The summed E-state index contributed by atoms with van der Waals surface area (Å²) in [6.07, 6.45) is 1.65. The van der Waals surface area contributed by atoms with Gasteiger partial charge in [-0.2, -0.15) is 5.10 Å². The van der Waals surface area contributed by atoms with Gasteiger partial charge in [-0.25, -0.2) is 4.68 Å². The first-order valence-electron chi connectivity index (χ1n) is 9.05. The average Bonchev–Trinajstić information content (AvgIpc) is 3.16. The van der Waals surface area contributed by atoms with Crippen molar-refractivity contribution in [3.05, 3.63) is 82.2 Å². The van der Waals surface area contributed by atoms with Gasteiger partial charge in [0.25, 0.3) is 11.6 Å². The number of carbonyl (C=O) groups excluding carboxylic acids is 1. The molecule has 0 spiro atoms. The molecule has 0 radical (unpaired) electrons. The zero-order valence-corrected chi connectivity index (χ0v) is 16.5. The number of non-ortho nitro benzene ring substituents is 1. The number of hydrogen-bond acceptors (Lipinski definition) is 5. The zero-order valence-electron chi connectivity index (χ0n) is 16.5. The zero-order chi connectivity index (χ0) is 21.0. The fourth-order valence-corrected chi connectivity index (χ4v) is 2.61. The third-order valence-electron chi connectivity index (χ3n) is 4.29. The third kappa shape index (κ3) is 5.19. The Kier molecular flexibility index (Phi) is 5.63. The minimum absolute atomic E-state index is 0.0417. The third-order valence-corrected chi connectivity index (χ3v) is 4.29. The molecule has 0 fully saturated rings. The number of anilines is 1. The molecule has 8 nitrogen and oxygen atoms in total. The van der Waals surface area contributed by atoms with Gasteiger partial charge in [-0.15, -0.1) is 0 Å². The number of hydrogen-bond donors (Lipinski definition) is 1. The van der Waals surface area contributed by atoms with Crippen molar-refractivity contribution in [3.8, 4) is 5.75 Å². The normalized spacial score (nSPS) is 11.1. The molecule has 3 rings (SSSR count). The predicted octanol–water partition coefficient (Wildman–Crippen LogP) is 4.38. The van der Waals surface area contributed by atoms with Gasteiger partial charge in [0.1, 0.15) is 5.75 Å². The van der Waals surface area contributed by atoms with Gasteiger partial charge in [0, 0.05) is 24.0 Å². The van der Waals surface area contributed by atoms with E-state index in [9.17, 15) is 14.9 Å². The molecule has 0 atom stereocenters. The van der Waals surface area contributed by atoms with Crippen LogP contribution in [0.4, 0.5) is 11.4 Å². The van der Waals surface area contributed by atoms with E-state index in [1.165, 1.54) is 34.5 Å². The van der Waals surface area contributed by atoms with Crippen molar-refractivity contribution in [2.45, 2.75) is 32.9 Å². The SMILES string of the molecule is CC(C)(C)c1ccc(OCn2ccc(C(=O)Nc3ccc([N+](=O)[O-])cc3)n2)cc1. The highest BCUT2D eigenvalue weighted by Crippen LogP contribution is 2.24. The van der Waals surface area contributed by atoms with Crippen LogP contribution in [0.15, 0.2) is 60.8 Å². The van der Waals surface area contributed by atoms with Gasteiger partial charge in [-0.3, -0.25) is 14.9 Å². The molecule has 150 valence electrons. The summed E-state index contributed by atoms with van der Waals surface area (Å²) in [4.78, 5) is 22.5. The van der Waals surface area contributed by atoms with E-state index in [1.54, 1.807) is 12.3 Å². The molecule has 0 saturated heterocycles. The molecule has 0 aliphatic heterocycles. The number of nitro groups is 1. The first-order valence-corrected chi connectivity index (χ1v) is 9.05. The van der Waals surface area contributed by atoms with Crippen LogP contribution in [0, 0.1) is 10.1 Å². The summed E-state index contributed by atoms with van der Waals surface area (Å²) in [6.45, 7) is 6.61. The van der Waals surface area contributed by atoms with E-state index >= 15 is 0 Å². The lowest BCUT2D eigenvalue weighted by atomic mass is 9.87. The summed E-state index contributed by atoms with van der Waals surface area (Å²) in [5, 5.41) is 17.5. The van der Waals surface area contributed by atoms with Gasteiger partial charge in [0.15, 0.2) is 12.4 Å². The number of nitrogens with one attached hydrogen (secondary N) is 1. The first-order chi connectivity index (χ1) is 13.7. The highest BCUT2D eigenvalue weighted by atomic mass is 16.6. The van der Waals surface area contributed by atoms with Crippen LogP contribution in [0.1, 0.15) is 36.8 Å². The average molecular weight is 394 g/mol. The first kappa shape index (κ1) is 20.1. The highest BCUT2D eigenvalue weighted by Gasteiger charge is 2.14. The van der Waals surface area contributed by atoms with Gasteiger partial charge in [0.05, 0.1) is 4.92 Å². The molecule has 0 unspecified atom stereocenters. The van der Waals surface area contributed by atoms with Crippen molar-refractivity contribution >= 4 is 17.3 Å². The minimum atomic E-state index is -0.496. The van der Waals surface area contributed by atoms with Crippen LogP contribution in [0.5, 0.6) is 5.75 Å². The van der Waals surface area contributed by atoms with Crippen molar-refractivity contribution < 1.29 is 14.5 Å². The molecule has 0 aliphatic rings. The number of nitrogens with zero attached hydrogens (tertiary/aromatic N) is 3. The van der Waals surface area contributed by atoms with Crippen molar-refractivity contribution in [2.24, 2.45) is 0 Å². The lowest BCUT2D eigenvalue weighted by molar-refractivity contribution is -0.384. The monoisotopic (exact) mass is 394 g/mol. The molecule has 2 aromatic carbocycles. The fourth-order valence-electron chi connectivity index (χ4n) is 2.61. The number of carbonyl (C=O) groups is 1. The molecule has 1 aromatic heterocycles. The Balaban J connectivity index is 1.57. The number of ether oxygens (including phenoxy) is 1. The maximum Gasteiger partial charge on any atom is 0.276 e. The molecular formula is C21H22N4O4. The Bertz CT molecular complexity index is 1000. The Morgan fingerprint density at radius 1 is 1.10 bits per heavy atom. The summed E-state index contributed by atoms with van der Waals surface area (Å²) >= 11 is 0. The van der Waals surface area contributed by atoms with Crippen molar-refractivity contribution in [1.82, 2.24) is 9.78 Å². The van der Waals surface area contributed by atoms with Gasteiger partial charge < -0.3 is 10.1 Å². The standard InChI is InChI=1S/C21H22N4O4/c1-21(2,3)15-4-10-18(11-5-15)29-14-24-13-12-19(23-24)20(26)22-16-6-8-17(9-7-16)25(27)28/h4-13H,14H2,1-3H3,(H,22,26). The summed E-state index contributed by atoms with van der Waals surface area (Å²) in [7, 11) is 0. The van der Waals surface area contributed by atoms with Crippen LogP contribution >= 0.6 is 0 Å². The predicted molar refractivity (Wildman–Crippen MR) is 109 cm³/mol. The second-order valence-electron chi connectivity index (χ2n) is 7.55. The van der Waals surface area contributed by atoms with Crippen molar-refractivity contribution in [2.75, 3.05) is 5.32 Å². The molecule has 29 heavy (non-hydrogen) atoms. The minimum Gasteiger partial charge on any atom is -0.471 e. The van der Waals surface area contributed by atoms with E-state index in [1.807, 2.05) is 24.3 Å². The lowest BCUT2D eigenvalue weighted by Gasteiger charge is -2.19. The van der Waals surface area contributed by atoms with Gasteiger partial charge in [0.2, 0.25) is 0 Å². The molecule has 3 aromatic rings. The molecule has 0 bridgehead atoms. The van der Waals surface area contributed by atoms with E-state index < -0.39 is 10.8 Å². The van der Waals surface area contributed by atoms with Crippen LogP contribution in [0.3, 0.4) is 0 Å². The number of benzene rings is 2. The van der Waals surface area contributed by atoms with E-state index in [0.717, 1.165) is 0 Å². The molecule has 0 saturated carbocycles. The van der Waals surface area contributed by atoms with Crippen LogP contribution < -0.4 is 10.1 Å². The molecular weight excluding hydrogens is 372 g/mol. The van der Waals surface area contributed by atoms with E-state index in [-0.39, 0.29) is 23.5 Å². The molecule has 8 heteroatoms. The Labute approximate surface area is 168 Å². The number of aromatic nitrogens is 2. The molecule has 1 N–H and O–H groups in total. The Morgan fingerprint density at radius 3 is 2.34 bits per heavy atom. The summed E-state index contributed by atoms with van der Waals surface area (Å²) in [5.41, 5.74) is 1.92. The van der Waals surface area contributed by atoms with Gasteiger partial charge in [-0.1, -0.05) is 32.9 Å². The maximum atomic E-state index is 12.3. The van der Waals surface area contributed by atoms with E-state index in [4.69, 9.17) is 4.74 Å². The van der Waals surface area contributed by atoms with Crippen LogP contribution in [-0.2, 0) is 12.1 Å².